The highest BCUT2D eigenvalue weighted by Gasteiger charge is 2.84. The van der Waals surface area contributed by atoms with Crippen molar-refractivity contribution in [2.24, 2.45) is 11.7 Å². The largest absolute Gasteiger partial charge is 0.460 e. The number of nitrogens with two attached hydrogens (primary N) is 1. The van der Waals surface area contributed by atoms with Crippen LogP contribution in [0.4, 0.5) is 39.5 Å². The molecule has 2 unspecified atom stereocenters. The van der Waals surface area contributed by atoms with Crippen LogP contribution in [0.1, 0.15) is 0 Å². The van der Waals surface area contributed by atoms with Gasteiger partial charge in [-0.05, 0) is 0 Å². The van der Waals surface area contributed by atoms with Crippen LogP contribution in [0.15, 0.2) is 0 Å². The second-order valence-electron chi connectivity index (χ2n) is 4.48. The number of hydrogen-bond acceptors (Lipinski definition) is 4. The van der Waals surface area contributed by atoms with Crippen molar-refractivity contribution in [3.05, 3.63) is 0 Å². The van der Waals surface area contributed by atoms with E-state index in [2.05, 4.69) is 0 Å². The third-order valence-electron chi connectivity index (χ3n) is 3.10. The van der Waals surface area contributed by atoms with Gasteiger partial charge in [0.25, 0.3) is 0 Å². The summed E-state index contributed by atoms with van der Waals surface area (Å²) in [7, 11) is 0. The van der Waals surface area contributed by atoms with Gasteiger partial charge in [0.1, 0.15) is 0 Å². The van der Waals surface area contributed by atoms with Gasteiger partial charge in [0.2, 0.25) is 0 Å². The minimum Gasteiger partial charge on any atom is -0.322 e. The monoisotopic (exact) mass is 342 g/mol. The molecule has 126 valence electrons. The highest BCUT2D eigenvalue weighted by atomic mass is 19.4. The molecule has 0 aliphatic heterocycles. The molecular formula is C9H7F9N4. The fourth-order valence-corrected chi connectivity index (χ4v) is 1.80. The van der Waals surface area contributed by atoms with Gasteiger partial charge in [-0.15, -0.1) is 0 Å². The van der Waals surface area contributed by atoms with Gasteiger partial charge in [-0.25, -0.2) is 0 Å². The standard InChI is InChI=1S/C9H7F9N4/c10-6(11,1-2(19)4(21)5(22)3(1)20)7(12,13)8(14,15)9(16,17)18/h1-2,20-22H,19H2. The molecule has 1 saturated carbocycles. The summed E-state index contributed by atoms with van der Waals surface area (Å²) < 4.78 is 115. The van der Waals surface area contributed by atoms with Crippen LogP contribution in [0.5, 0.6) is 0 Å². The van der Waals surface area contributed by atoms with E-state index in [9.17, 15) is 39.5 Å². The number of nitrogens with one attached hydrogen (secondary N) is 3. The van der Waals surface area contributed by atoms with E-state index < -0.39 is 53.0 Å². The molecule has 1 fully saturated rings. The average molecular weight is 342 g/mol. The molecule has 1 aliphatic rings. The third-order valence-corrected chi connectivity index (χ3v) is 3.10. The molecule has 0 aromatic heterocycles. The maximum Gasteiger partial charge on any atom is 0.460 e. The fraction of sp³-hybridized carbons (Fsp3) is 0.667. The molecule has 0 radical (unpaired) electrons. The molecule has 0 aromatic rings. The summed E-state index contributed by atoms with van der Waals surface area (Å²) >= 11 is 0. The van der Waals surface area contributed by atoms with Crippen molar-refractivity contribution in [2.75, 3.05) is 0 Å². The highest BCUT2D eigenvalue weighted by Crippen LogP contribution is 2.56. The SMILES string of the molecule is N=C1C(=N)C(N)C(C(F)(F)C(F)(F)C(F)(F)C(F)(F)F)C1=N. The Morgan fingerprint density at radius 3 is 1.41 bits per heavy atom. The lowest BCUT2D eigenvalue weighted by atomic mass is 9.87. The minimum atomic E-state index is -7.10. The summed E-state index contributed by atoms with van der Waals surface area (Å²) in [5, 5.41) is 21.0. The topological polar surface area (TPSA) is 97.6 Å². The highest BCUT2D eigenvalue weighted by molar-refractivity contribution is 6.71. The van der Waals surface area contributed by atoms with Crippen LogP contribution in [0, 0.1) is 22.1 Å². The normalized spacial score (nSPS) is 25.1. The number of rotatable bonds is 3. The number of alkyl halides is 9. The van der Waals surface area contributed by atoms with E-state index in [1.807, 2.05) is 0 Å². The molecule has 2 atom stereocenters. The van der Waals surface area contributed by atoms with Crippen molar-refractivity contribution in [1.82, 2.24) is 0 Å². The summed E-state index contributed by atoms with van der Waals surface area (Å²) in [6.45, 7) is 0. The van der Waals surface area contributed by atoms with Gasteiger partial charge >= 0.3 is 23.9 Å². The molecular weight excluding hydrogens is 335 g/mol. The predicted octanol–water partition coefficient (Wildman–Crippen LogP) is 2.47. The Kier molecular flexibility index (Phi) is 3.90. The van der Waals surface area contributed by atoms with Gasteiger partial charge in [0, 0.05) is 0 Å². The Bertz CT molecular complexity index is 536. The first kappa shape index (κ1) is 18.4. The van der Waals surface area contributed by atoms with Crippen LogP contribution in [0.25, 0.3) is 0 Å². The van der Waals surface area contributed by atoms with Crippen LogP contribution in [-0.4, -0.2) is 47.1 Å². The molecule has 13 heteroatoms. The van der Waals surface area contributed by atoms with Crippen LogP contribution in [0.3, 0.4) is 0 Å². The zero-order valence-electron chi connectivity index (χ0n) is 10.1. The molecule has 0 spiro atoms. The van der Waals surface area contributed by atoms with Gasteiger partial charge in [0.15, 0.2) is 0 Å². The molecule has 0 heterocycles. The lowest BCUT2D eigenvalue weighted by molar-refractivity contribution is -0.400. The van der Waals surface area contributed by atoms with Gasteiger partial charge in [-0.2, -0.15) is 39.5 Å². The van der Waals surface area contributed by atoms with Crippen molar-refractivity contribution < 1.29 is 39.5 Å². The summed E-state index contributed by atoms with van der Waals surface area (Å²) in [5.41, 5.74) is 0.619. The van der Waals surface area contributed by atoms with E-state index in [0.29, 0.717) is 0 Å². The van der Waals surface area contributed by atoms with E-state index >= 15 is 0 Å². The van der Waals surface area contributed by atoms with Crippen molar-refractivity contribution in [2.45, 2.75) is 30.0 Å². The van der Waals surface area contributed by atoms with E-state index in [4.69, 9.17) is 22.0 Å². The number of hydrogen-bond donors (Lipinski definition) is 4. The van der Waals surface area contributed by atoms with Gasteiger partial charge < -0.3 is 16.6 Å². The first-order valence-electron chi connectivity index (χ1n) is 5.23. The maximum absolute atomic E-state index is 13.6. The summed E-state index contributed by atoms with van der Waals surface area (Å²) in [4.78, 5) is 0. The van der Waals surface area contributed by atoms with Crippen LogP contribution < -0.4 is 5.73 Å². The van der Waals surface area contributed by atoms with Crippen molar-refractivity contribution in [3.63, 3.8) is 0 Å². The van der Waals surface area contributed by atoms with Gasteiger partial charge in [-0.1, -0.05) is 0 Å². The van der Waals surface area contributed by atoms with E-state index in [-0.39, 0.29) is 0 Å². The van der Waals surface area contributed by atoms with Gasteiger partial charge in [-0.3, -0.25) is 5.41 Å². The van der Waals surface area contributed by atoms with Crippen molar-refractivity contribution in [1.29, 1.82) is 16.2 Å². The minimum absolute atomic E-state index is 1.24. The summed E-state index contributed by atoms with van der Waals surface area (Å²) in [5.74, 6) is -23.5. The molecule has 4 nitrogen and oxygen atoms in total. The fourth-order valence-electron chi connectivity index (χ4n) is 1.80. The zero-order chi connectivity index (χ0) is 17.9. The molecule has 1 rings (SSSR count). The molecule has 0 bridgehead atoms. The second-order valence-corrected chi connectivity index (χ2v) is 4.48. The molecule has 5 N–H and O–H groups in total. The Morgan fingerprint density at radius 1 is 0.727 bits per heavy atom. The smallest absolute Gasteiger partial charge is 0.322 e. The lowest BCUT2D eigenvalue weighted by Gasteiger charge is -2.37. The number of halogens is 9. The Balaban J connectivity index is 3.43. The lowest BCUT2D eigenvalue weighted by Crippen LogP contribution is -2.65. The van der Waals surface area contributed by atoms with Crippen LogP contribution in [0.2, 0.25) is 0 Å². The Labute approximate surface area is 116 Å². The molecule has 22 heavy (non-hydrogen) atoms. The van der Waals surface area contributed by atoms with E-state index in [0.717, 1.165) is 0 Å². The zero-order valence-corrected chi connectivity index (χ0v) is 10.1. The first-order chi connectivity index (χ1) is 9.51. The van der Waals surface area contributed by atoms with E-state index in [1.165, 1.54) is 0 Å². The third kappa shape index (κ3) is 2.09. The second kappa shape index (κ2) is 4.67. The molecule has 0 saturated heterocycles. The van der Waals surface area contributed by atoms with Crippen molar-refractivity contribution in [3.8, 4) is 0 Å². The summed E-state index contributed by atoms with van der Waals surface area (Å²) in [6, 6.07) is -2.48. The quantitative estimate of drug-likeness (QED) is 0.582. The van der Waals surface area contributed by atoms with E-state index in [1.54, 1.807) is 0 Å². The maximum atomic E-state index is 13.6. The molecule has 0 amide bonds. The van der Waals surface area contributed by atoms with Crippen LogP contribution >= 0.6 is 0 Å². The summed E-state index contributed by atoms with van der Waals surface area (Å²) in [6.07, 6.45) is -6.98. The first-order valence-corrected chi connectivity index (χ1v) is 5.23. The van der Waals surface area contributed by atoms with Crippen molar-refractivity contribution >= 4 is 17.1 Å². The molecule has 1 aliphatic carbocycles. The van der Waals surface area contributed by atoms with Gasteiger partial charge in [0.05, 0.1) is 29.1 Å². The Hall–Kier alpha value is -1.66. The predicted molar refractivity (Wildman–Crippen MR) is 55.5 cm³/mol. The Morgan fingerprint density at radius 2 is 1.14 bits per heavy atom. The molecule has 0 aromatic carbocycles. The average Bonchev–Trinajstić information content (AvgIpc) is 2.52. The van der Waals surface area contributed by atoms with Crippen LogP contribution in [-0.2, 0) is 0 Å².